The molecule has 2 N–H and O–H groups in total. The molecule has 2 aromatic rings. The number of hydrogen-bond acceptors (Lipinski definition) is 3. The van der Waals surface area contributed by atoms with E-state index in [-0.39, 0.29) is 42.0 Å². The van der Waals surface area contributed by atoms with E-state index in [1.807, 2.05) is 0 Å². The normalized spacial score (nSPS) is 15.8. The van der Waals surface area contributed by atoms with Gasteiger partial charge in [0, 0.05) is 18.0 Å². The Hall–Kier alpha value is -1.43. The number of pyridine rings is 1. The first-order valence-corrected chi connectivity index (χ1v) is 8.03. The summed E-state index contributed by atoms with van der Waals surface area (Å²) in [5.74, 6) is -0.429. The summed E-state index contributed by atoms with van der Waals surface area (Å²) in [7, 11) is 0. The van der Waals surface area contributed by atoms with Gasteiger partial charge in [0.1, 0.15) is 5.82 Å². The van der Waals surface area contributed by atoms with E-state index in [9.17, 15) is 9.18 Å². The molecule has 1 aliphatic rings. The van der Waals surface area contributed by atoms with Crippen molar-refractivity contribution in [2.75, 3.05) is 19.6 Å². The van der Waals surface area contributed by atoms with Crippen LogP contribution in [-0.4, -0.2) is 30.5 Å². The highest BCUT2D eigenvalue weighted by Crippen LogP contribution is 2.27. The fourth-order valence-corrected chi connectivity index (χ4v) is 3.06. The average molecular weight is 388 g/mol. The Morgan fingerprint density at radius 2 is 1.96 bits per heavy atom. The first kappa shape index (κ1) is 21.6. The number of carbonyl (C=O) groups is 1. The predicted molar refractivity (Wildman–Crippen MR) is 103 cm³/mol. The predicted octanol–water partition coefficient (Wildman–Crippen LogP) is 3.65. The van der Waals surface area contributed by atoms with Gasteiger partial charge >= 0.3 is 0 Å². The van der Waals surface area contributed by atoms with Crippen molar-refractivity contribution in [3.05, 3.63) is 41.3 Å². The van der Waals surface area contributed by atoms with Crippen molar-refractivity contribution in [2.45, 2.75) is 26.7 Å². The summed E-state index contributed by atoms with van der Waals surface area (Å²) in [4.78, 5) is 16.9. The van der Waals surface area contributed by atoms with E-state index in [0.29, 0.717) is 23.3 Å². The number of aromatic nitrogens is 1. The molecule has 1 aliphatic heterocycles. The molecule has 2 heterocycles. The number of hydrogen-bond donors (Lipinski definition) is 2. The van der Waals surface area contributed by atoms with E-state index in [1.165, 1.54) is 12.1 Å². The number of benzene rings is 1. The zero-order valence-electron chi connectivity index (χ0n) is 14.4. The number of rotatable bonds is 3. The second-order valence-electron chi connectivity index (χ2n) is 6.70. The van der Waals surface area contributed by atoms with Gasteiger partial charge in [-0.25, -0.2) is 4.39 Å². The molecule has 1 saturated heterocycles. The number of amides is 1. The minimum absolute atomic E-state index is 0. The number of carbonyl (C=O) groups excluding carboxylic acids is 1. The quantitative estimate of drug-likeness (QED) is 0.844. The van der Waals surface area contributed by atoms with Crippen LogP contribution in [0.3, 0.4) is 0 Å². The Morgan fingerprint density at radius 1 is 1.28 bits per heavy atom. The third kappa shape index (κ3) is 5.03. The highest BCUT2D eigenvalue weighted by Gasteiger charge is 2.27. The van der Waals surface area contributed by atoms with Gasteiger partial charge in [0.25, 0.3) is 5.91 Å². The van der Waals surface area contributed by atoms with Crippen LogP contribution in [0, 0.1) is 18.2 Å². The fourth-order valence-electron chi connectivity index (χ4n) is 3.06. The number of piperidine rings is 1. The van der Waals surface area contributed by atoms with Crippen LogP contribution in [-0.2, 0) is 0 Å². The number of nitrogens with one attached hydrogen (secondary N) is 2. The first-order chi connectivity index (χ1) is 11.0. The molecule has 138 valence electrons. The molecular weight excluding hydrogens is 364 g/mol. The molecular formula is C18H24Cl2FN3O. The van der Waals surface area contributed by atoms with Gasteiger partial charge in [-0.3, -0.25) is 9.78 Å². The lowest BCUT2D eigenvalue weighted by Gasteiger charge is -2.34. The Kier molecular flexibility index (Phi) is 7.60. The largest absolute Gasteiger partial charge is 0.351 e. The van der Waals surface area contributed by atoms with E-state index >= 15 is 0 Å². The lowest BCUT2D eigenvalue weighted by Crippen LogP contribution is -2.43. The molecule has 1 amide bonds. The van der Waals surface area contributed by atoms with Crippen molar-refractivity contribution in [1.82, 2.24) is 15.6 Å². The number of fused-ring (bicyclic) bond motifs is 1. The SMILES string of the molecule is Cc1nc2cc(F)ccc2cc1C(=O)NCC1(C)CCNCC1.Cl.Cl. The van der Waals surface area contributed by atoms with Gasteiger partial charge < -0.3 is 10.6 Å². The molecule has 0 bridgehead atoms. The number of halogens is 3. The molecule has 7 heteroatoms. The lowest BCUT2D eigenvalue weighted by atomic mass is 9.81. The lowest BCUT2D eigenvalue weighted by molar-refractivity contribution is 0.0921. The second kappa shape index (κ2) is 8.79. The minimum atomic E-state index is -0.319. The number of aryl methyl sites for hydroxylation is 1. The van der Waals surface area contributed by atoms with Crippen molar-refractivity contribution in [3.8, 4) is 0 Å². The molecule has 0 radical (unpaired) electrons. The third-order valence-corrected chi connectivity index (χ3v) is 4.70. The van der Waals surface area contributed by atoms with Crippen LogP contribution in [0.15, 0.2) is 24.3 Å². The standard InChI is InChI=1S/C18H22FN3O.2ClH/c1-12-15(9-13-3-4-14(19)10-16(13)22-12)17(23)21-11-18(2)5-7-20-8-6-18;;/h3-4,9-10,20H,5-8,11H2,1-2H3,(H,21,23);2*1H. The first-order valence-electron chi connectivity index (χ1n) is 8.03. The molecule has 0 atom stereocenters. The molecule has 0 aliphatic carbocycles. The highest BCUT2D eigenvalue weighted by molar-refractivity contribution is 5.98. The van der Waals surface area contributed by atoms with E-state index in [4.69, 9.17) is 0 Å². The average Bonchev–Trinajstić information content (AvgIpc) is 2.52. The summed E-state index contributed by atoms with van der Waals surface area (Å²) < 4.78 is 13.3. The summed E-state index contributed by atoms with van der Waals surface area (Å²) in [6, 6.07) is 6.22. The number of nitrogens with zero attached hydrogens (tertiary/aromatic N) is 1. The molecule has 4 nitrogen and oxygen atoms in total. The molecule has 25 heavy (non-hydrogen) atoms. The minimum Gasteiger partial charge on any atom is -0.351 e. The van der Waals surface area contributed by atoms with Gasteiger partial charge in [-0.15, -0.1) is 24.8 Å². The van der Waals surface area contributed by atoms with Gasteiger partial charge in [-0.1, -0.05) is 6.92 Å². The monoisotopic (exact) mass is 387 g/mol. The van der Waals surface area contributed by atoms with E-state index in [1.54, 1.807) is 19.1 Å². The van der Waals surface area contributed by atoms with Crippen LogP contribution in [0.2, 0.25) is 0 Å². The van der Waals surface area contributed by atoms with E-state index in [2.05, 4.69) is 22.5 Å². The maximum atomic E-state index is 13.3. The molecule has 1 fully saturated rings. The van der Waals surface area contributed by atoms with Gasteiger partial charge in [-0.05, 0) is 56.5 Å². The van der Waals surface area contributed by atoms with Crippen molar-refractivity contribution >= 4 is 41.6 Å². The maximum Gasteiger partial charge on any atom is 0.253 e. The van der Waals surface area contributed by atoms with Gasteiger partial charge in [0.05, 0.1) is 16.8 Å². The molecule has 1 aromatic heterocycles. The van der Waals surface area contributed by atoms with Crippen molar-refractivity contribution < 1.29 is 9.18 Å². The van der Waals surface area contributed by atoms with E-state index < -0.39 is 0 Å². The highest BCUT2D eigenvalue weighted by atomic mass is 35.5. The Labute approximate surface area is 159 Å². The van der Waals surface area contributed by atoms with Crippen molar-refractivity contribution in [2.24, 2.45) is 5.41 Å². The molecule has 0 unspecified atom stereocenters. The Morgan fingerprint density at radius 3 is 2.64 bits per heavy atom. The fraction of sp³-hybridized carbons (Fsp3) is 0.444. The van der Waals surface area contributed by atoms with Crippen molar-refractivity contribution in [1.29, 1.82) is 0 Å². The van der Waals surface area contributed by atoms with Crippen LogP contribution < -0.4 is 10.6 Å². The topological polar surface area (TPSA) is 54.0 Å². The van der Waals surface area contributed by atoms with Crippen LogP contribution in [0.25, 0.3) is 10.9 Å². The zero-order chi connectivity index (χ0) is 16.4. The van der Waals surface area contributed by atoms with Gasteiger partial charge in [-0.2, -0.15) is 0 Å². The second-order valence-corrected chi connectivity index (χ2v) is 6.70. The summed E-state index contributed by atoms with van der Waals surface area (Å²) >= 11 is 0. The summed E-state index contributed by atoms with van der Waals surface area (Å²) in [5.41, 5.74) is 1.89. The van der Waals surface area contributed by atoms with Gasteiger partial charge in [0.2, 0.25) is 0 Å². The Balaban J connectivity index is 0.00000156. The van der Waals surface area contributed by atoms with Crippen LogP contribution in [0.5, 0.6) is 0 Å². The molecule has 0 spiro atoms. The van der Waals surface area contributed by atoms with Crippen molar-refractivity contribution in [3.63, 3.8) is 0 Å². The molecule has 1 aromatic carbocycles. The van der Waals surface area contributed by atoms with Gasteiger partial charge in [0.15, 0.2) is 0 Å². The van der Waals surface area contributed by atoms with Crippen LogP contribution >= 0.6 is 24.8 Å². The Bertz CT molecular complexity index is 748. The molecule has 3 rings (SSSR count). The smallest absolute Gasteiger partial charge is 0.253 e. The van der Waals surface area contributed by atoms with Crippen LogP contribution in [0.4, 0.5) is 4.39 Å². The summed E-state index contributed by atoms with van der Waals surface area (Å²) in [5, 5.41) is 7.16. The summed E-state index contributed by atoms with van der Waals surface area (Å²) in [6.07, 6.45) is 2.11. The third-order valence-electron chi connectivity index (χ3n) is 4.70. The van der Waals surface area contributed by atoms with E-state index in [0.717, 1.165) is 31.3 Å². The maximum absolute atomic E-state index is 13.3. The van der Waals surface area contributed by atoms with Crippen LogP contribution in [0.1, 0.15) is 35.8 Å². The zero-order valence-corrected chi connectivity index (χ0v) is 16.0. The summed E-state index contributed by atoms with van der Waals surface area (Å²) in [6.45, 7) is 6.64. The molecule has 0 saturated carbocycles.